The highest BCUT2D eigenvalue weighted by Gasteiger charge is 2.27. The van der Waals surface area contributed by atoms with Crippen LogP contribution in [0.5, 0.6) is 0 Å². The van der Waals surface area contributed by atoms with Crippen molar-refractivity contribution in [1.82, 2.24) is 14.5 Å². The lowest BCUT2D eigenvalue weighted by atomic mass is 9.83. The minimum Gasteiger partial charge on any atom is -0.443 e. The van der Waals surface area contributed by atoms with Gasteiger partial charge in [-0.15, -0.1) is 0 Å². The summed E-state index contributed by atoms with van der Waals surface area (Å²) < 4.78 is 7.28. The number of esters is 1. The van der Waals surface area contributed by atoms with Gasteiger partial charge in [0.1, 0.15) is 12.0 Å². The summed E-state index contributed by atoms with van der Waals surface area (Å²) >= 11 is 0. The first-order valence-corrected chi connectivity index (χ1v) is 12.4. The van der Waals surface area contributed by atoms with E-state index < -0.39 is 5.41 Å². The van der Waals surface area contributed by atoms with E-state index in [1.807, 2.05) is 39.2 Å². The van der Waals surface area contributed by atoms with Gasteiger partial charge in [-0.1, -0.05) is 24.5 Å². The fourth-order valence-electron chi connectivity index (χ4n) is 4.87. The van der Waals surface area contributed by atoms with Crippen molar-refractivity contribution in [3.63, 3.8) is 0 Å². The molecule has 0 bridgehead atoms. The number of primary amides is 1. The van der Waals surface area contributed by atoms with Crippen LogP contribution < -0.4 is 5.73 Å². The van der Waals surface area contributed by atoms with E-state index in [1.165, 1.54) is 19.2 Å². The lowest BCUT2D eigenvalue weighted by molar-refractivity contribution is -0.156. The Labute approximate surface area is 206 Å². The average Bonchev–Trinajstić information content (AvgIpc) is 3.47. The Bertz CT molecular complexity index is 1200. The lowest BCUT2D eigenvalue weighted by Gasteiger charge is -2.26. The molecule has 0 radical (unpaired) electrons. The molecule has 0 saturated heterocycles. The van der Waals surface area contributed by atoms with Gasteiger partial charge in [-0.3, -0.25) is 19.1 Å². The third-order valence-electron chi connectivity index (χ3n) is 6.92. The fraction of sp³-hybridized carbons (Fsp3) is 0.519. The zero-order valence-electron chi connectivity index (χ0n) is 21.0. The molecule has 8 nitrogen and oxygen atoms in total. The maximum Gasteiger partial charge on any atom is 0.312 e. The Balaban J connectivity index is 1.59. The molecule has 1 aliphatic carbocycles. The van der Waals surface area contributed by atoms with E-state index in [0.717, 1.165) is 41.5 Å². The third-order valence-corrected chi connectivity index (χ3v) is 6.92. The number of rotatable bonds is 7. The van der Waals surface area contributed by atoms with E-state index in [1.54, 1.807) is 10.6 Å². The second-order valence-electron chi connectivity index (χ2n) is 10.7. The molecule has 186 valence electrons. The highest BCUT2D eigenvalue weighted by molar-refractivity contribution is 6.13. The van der Waals surface area contributed by atoms with E-state index in [0.29, 0.717) is 11.6 Å². The van der Waals surface area contributed by atoms with Crippen molar-refractivity contribution in [3.8, 4) is 0 Å². The summed E-state index contributed by atoms with van der Waals surface area (Å²) in [6.45, 7) is 7.66. The molecule has 0 aromatic carbocycles. The second kappa shape index (κ2) is 10.1. The number of nitrogens with two attached hydrogens (primary N) is 1. The summed E-state index contributed by atoms with van der Waals surface area (Å²) in [6, 6.07) is 2.03. The number of amides is 1. The molecule has 1 fully saturated rings. The molecule has 2 aromatic rings. The molecule has 8 heteroatoms. The Morgan fingerprint density at radius 3 is 2.66 bits per heavy atom. The molecule has 2 unspecified atom stereocenters. The van der Waals surface area contributed by atoms with Crippen LogP contribution in [-0.2, 0) is 21.1 Å². The number of carbonyl (C=O) groups excluding carboxylic acids is 2. The summed E-state index contributed by atoms with van der Waals surface area (Å²) in [5.41, 5.74) is 8.52. The van der Waals surface area contributed by atoms with Gasteiger partial charge in [0, 0.05) is 35.4 Å². The summed E-state index contributed by atoms with van der Waals surface area (Å²) in [5.74, 6) is -0.0853. The van der Waals surface area contributed by atoms with Crippen LogP contribution in [0.2, 0.25) is 0 Å². The van der Waals surface area contributed by atoms with Crippen molar-refractivity contribution in [3.05, 3.63) is 42.0 Å². The van der Waals surface area contributed by atoms with Gasteiger partial charge >= 0.3 is 5.97 Å². The van der Waals surface area contributed by atoms with Crippen LogP contribution in [0.25, 0.3) is 16.6 Å². The van der Waals surface area contributed by atoms with E-state index in [2.05, 4.69) is 23.0 Å². The highest BCUT2D eigenvalue weighted by Crippen LogP contribution is 2.37. The Morgan fingerprint density at radius 1 is 1.23 bits per heavy atom. The lowest BCUT2D eigenvalue weighted by Crippen LogP contribution is -2.24. The molecule has 35 heavy (non-hydrogen) atoms. The third kappa shape index (κ3) is 5.69. The van der Waals surface area contributed by atoms with Gasteiger partial charge in [-0.2, -0.15) is 0 Å². The largest absolute Gasteiger partial charge is 0.443 e. The Morgan fingerprint density at radius 2 is 1.97 bits per heavy atom. The zero-order chi connectivity index (χ0) is 25.2. The molecule has 3 heterocycles. The topological polar surface area (TPSA) is 112 Å². The van der Waals surface area contributed by atoms with Crippen molar-refractivity contribution in [1.29, 1.82) is 0 Å². The molecule has 1 amide bonds. The number of ether oxygens (including phenoxy) is 1. The molecule has 2 aromatic heterocycles. The molecule has 0 spiro atoms. The van der Waals surface area contributed by atoms with Crippen LogP contribution in [0.3, 0.4) is 0 Å². The van der Waals surface area contributed by atoms with Gasteiger partial charge < -0.3 is 10.5 Å². The van der Waals surface area contributed by atoms with Gasteiger partial charge in [-0.25, -0.2) is 9.97 Å². The molecule has 1 aliphatic heterocycles. The van der Waals surface area contributed by atoms with Gasteiger partial charge in [0.05, 0.1) is 17.2 Å². The number of hydrogen-bond donors (Lipinski definition) is 1. The molecular weight excluding hydrogens is 442 g/mol. The average molecular weight is 478 g/mol. The summed E-state index contributed by atoms with van der Waals surface area (Å²) in [5, 5.41) is 0.869. The van der Waals surface area contributed by atoms with Crippen LogP contribution >= 0.6 is 0 Å². The van der Waals surface area contributed by atoms with Gasteiger partial charge in [-0.05, 0) is 58.9 Å². The van der Waals surface area contributed by atoms with Gasteiger partial charge in [0.2, 0.25) is 5.91 Å². The normalized spacial score (nSPS) is 21.4. The first-order valence-electron chi connectivity index (χ1n) is 12.4. The van der Waals surface area contributed by atoms with Crippen molar-refractivity contribution in [2.45, 2.75) is 72.6 Å². The number of fused-ring (bicyclic) bond motifs is 1. The van der Waals surface area contributed by atoms with Crippen molar-refractivity contribution < 1.29 is 14.3 Å². The van der Waals surface area contributed by atoms with Crippen LogP contribution in [0.1, 0.15) is 65.5 Å². The maximum atomic E-state index is 12.2. The van der Waals surface area contributed by atoms with E-state index in [-0.39, 0.29) is 30.6 Å². The van der Waals surface area contributed by atoms with Crippen molar-refractivity contribution in [2.24, 2.45) is 28.0 Å². The summed E-state index contributed by atoms with van der Waals surface area (Å²) in [6.07, 6.45) is 14.5. The second-order valence-corrected chi connectivity index (χ2v) is 10.7. The summed E-state index contributed by atoms with van der Waals surface area (Å²) in [7, 11) is 0. The molecule has 4 rings (SSSR count). The monoisotopic (exact) mass is 477 g/mol. The quantitative estimate of drug-likeness (QED) is 0.468. The van der Waals surface area contributed by atoms with Crippen LogP contribution in [0.15, 0.2) is 41.3 Å². The minimum absolute atomic E-state index is 0.0888. The Kier molecular flexibility index (Phi) is 7.19. The van der Waals surface area contributed by atoms with Crippen molar-refractivity contribution >= 4 is 34.7 Å². The molecular formula is C27H35N5O3. The Hall–Kier alpha value is -3.29. The highest BCUT2D eigenvalue weighted by atomic mass is 16.5. The number of aliphatic imine (C=N–C) groups is 1. The number of allylic oxidation sites excluding steroid dienone is 2. The predicted molar refractivity (Wildman–Crippen MR) is 136 cm³/mol. The van der Waals surface area contributed by atoms with E-state index in [4.69, 9.17) is 15.5 Å². The number of hydrogen-bond acceptors (Lipinski definition) is 6. The standard InChI is InChI=1S/C27H35N5O3/c1-17-19(11-20(13-23(28)33)18-7-5-6-8-18)12-21(14-29-17)24-22-9-10-32(25(22)31-15-30-24)16-35-26(34)27(2,3)4/h9-10,12-15,17-19H,5-8,11,16H2,1-4H3,(H2,28,33). The number of carbonyl (C=O) groups is 2. The number of dihydropyridines is 1. The van der Waals surface area contributed by atoms with Crippen LogP contribution in [0, 0.1) is 17.3 Å². The number of aromatic nitrogens is 3. The predicted octanol–water partition coefficient (Wildman–Crippen LogP) is 4.44. The van der Waals surface area contributed by atoms with Gasteiger partial charge in [0.25, 0.3) is 0 Å². The number of nitrogens with zero attached hydrogens (tertiary/aromatic N) is 4. The maximum absolute atomic E-state index is 12.2. The first-order chi connectivity index (χ1) is 16.6. The first kappa shape index (κ1) is 24.8. The minimum atomic E-state index is -0.571. The molecule has 1 saturated carbocycles. The molecule has 2 atom stereocenters. The molecule has 2 aliphatic rings. The van der Waals surface area contributed by atoms with Crippen molar-refractivity contribution in [2.75, 3.05) is 0 Å². The van der Waals surface area contributed by atoms with E-state index in [9.17, 15) is 9.59 Å². The van der Waals surface area contributed by atoms with E-state index >= 15 is 0 Å². The zero-order valence-corrected chi connectivity index (χ0v) is 21.0. The fourth-order valence-corrected chi connectivity index (χ4v) is 4.87. The van der Waals surface area contributed by atoms with Gasteiger partial charge in [0.15, 0.2) is 6.73 Å². The smallest absolute Gasteiger partial charge is 0.312 e. The summed E-state index contributed by atoms with van der Waals surface area (Å²) in [4.78, 5) is 37.7. The van der Waals surface area contributed by atoms with Crippen LogP contribution in [-0.4, -0.2) is 38.7 Å². The van der Waals surface area contributed by atoms with Crippen LogP contribution in [0.4, 0.5) is 0 Å². The molecule has 2 N–H and O–H groups in total. The SMILES string of the molecule is CC1N=CC(c2ncnc3c2ccn3COC(=O)C(C)(C)C)=CC1CC(=CC(N)=O)C1CCCC1.